The molecule has 0 unspecified atom stereocenters. The number of nitrogens with zero attached hydrogens (tertiary/aromatic N) is 5. The molecule has 0 spiro atoms. The second kappa shape index (κ2) is 6.64. The second-order valence-electron chi connectivity index (χ2n) is 5.13. The highest BCUT2D eigenvalue weighted by atomic mass is 79.9. The van der Waals surface area contributed by atoms with Gasteiger partial charge in [0.15, 0.2) is 5.82 Å². The zero-order chi connectivity index (χ0) is 18.0. The molecule has 0 atom stereocenters. The van der Waals surface area contributed by atoms with E-state index in [-0.39, 0.29) is 5.82 Å². The van der Waals surface area contributed by atoms with Crippen LogP contribution in [0.1, 0.15) is 22.4 Å². The molecule has 25 heavy (non-hydrogen) atoms. The van der Waals surface area contributed by atoms with Gasteiger partial charge < -0.3 is 0 Å². The number of hydrogen-bond acceptors (Lipinski definition) is 4. The fraction of sp³-hybridized carbons (Fsp3) is 0.125. The topological polar surface area (TPSA) is 67.4 Å². The third-order valence-corrected chi connectivity index (χ3v) is 3.79. The molecule has 0 aliphatic carbocycles. The van der Waals surface area contributed by atoms with Crippen molar-refractivity contribution in [3.8, 4) is 11.9 Å². The summed E-state index contributed by atoms with van der Waals surface area (Å²) in [5.41, 5.74) is 0.823. The number of halogens is 4. The van der Waals surface area contributed by atoms with Crippen molar-refractivity contribution in [3.05, 3.63) is 69.8 Å². The molecule has 3 aromatic rings. The van der Waals surface area contributed by atoms with Crippen molar-refractivity contribution >= 4 is 15.9 Å². The van der Waals surface area contributed by atoms with Gasteiger partial charge in [-0.1, -0.05) is 15.9 Å². The summed E-state index contributed by atoms with van der Waals surface area (Å²) < 4.78 is 40.1. The van der Waals surface area contributed by atoms with Gasteiger partial charge in [-0.2, -0.15) is 23.5 Å². The van der Waals surface area contributed by atoms with Crippen molar-refractivity contribution in [2.75, 3.05) is 0 Å². The van der Waals surface area contributed by atoms with Gasteiger partial charge in [0, 0.05) is 29.5 Å². The highest BCUT2D eigenvalue weighted by molar-refractivity contribution is 9.10. The van der Waals surface area contributed by atoms with Crippen LogP contribution in [0.25, 0.3) is 5.82 Å². The molecule has 126 valence electrons. The molecule has 1 aromatic carbocycles. The average Bonchev–Trinajstić information content (AvgIpc) is 3.05. The van der Waals surface area contributed by atoms with Crippen molar-refractivity contribution in [1.29, 1.82) is 5.26 Å². The molecule has 2 heterocycles. The lowest BCUT2D eigenvalue weighted by atomic mass is 10.1. The summed E-state index contributed by atoms with van der Waals surface area (Å²) >= 11 is 3.33. The minimum absolute atomic E-state index is 0.205. The van der Waals surface area contributed by atoms with Gasteiger partial charge in [0.1, 0.15) is 0 Å². The molecule has 0 N–H and O–H groups in total. The molecule has 0 amide bonds. The molecule has 0 radical (unpaired) electrons. The van der Waals surface area contributed by atoms with Crippen molar-refractivity contribution < 1.29 is 13.2 Å². The van der Waals surface area contributed by atoms with E-state index in [0.717, 1.165) is 27.1 Å². The SMILES string of the molecule is N#Cc1cc(Br)cc(Cc2nccnc2-n2cc(C(F)(F)F)cn2)c1. The van der Waals surface area contributed by atoms with Crippen LogP contribution in [0.5, 0.6) is 0 Å². The van der Waals surface area contributed by atoms with E-state index in [1.54, 1.807) is 12.1 Å². The van der Waals surface area contributed by atoms with E-state index in [0.29, 0.717) is 17.7 Å². The van der Waals surface area contributed by atoms with Gasteiger partial charge in [0.05, 0.1) is 29.1 Å². The Morgan fingerprint density at radius 1 is 1.16 bits per heavy atom. The number of alkyl halides is 3. The maximum atomic E-state index is 12.8. The lowest BCUT2D eigenvalue weighted by molar-refractivity contribution is -0.137. The van der Waals surface area contributed by atoms with Crippen LogP contribution in [0, 0.1) is 11.3 Å². The zero-order valence-electron chi connectivity index (χ0n) is 12.5. The minimum atomic E-state index is -4.48. The van der Waals surface area contributed by atoms with Crippen LogP contribution in [0.2, 0.25) is 0 Å². The lowest BCUT2D eigenvalue weighted by Crippen LogP contribution is -2.07. The third-order valence-electron chi connectivity index (χ3n) is 3.34. The van der Waals surface area contributed by atoms with E-state index >= 15 is 0 Å². The van der Waals surface area contributed by atoms with Crippen LogP contribution >= 0.6 is 15.9 Å². The highest BCUT2D eigenvalue weighted by Gasteiger charge is 2.32. The van der Waals surface area contributed by atoms with Gasteiger partial charge in [0.25, 0.3) is 0 Å². The first kappa shape index (κ1) is 17.1. The predicted molar refractivity (Wildman–Crippen MR) is 85.8 cm³/mol. The molecule has 0 bridgehead atoms. The summed E-state index contributed by atoms with van der Waals surface area (Å²) in [4.78, 5) is 8.30. The van der Waals surface area contributed by atoms with E-state index in [9.17, 15) is 13.2 Å². The average molecular weight is 408 g/mol. The first-order chi connectivity index (χ1) is 11.9. The van der Waals surface area contributed by atoms with E-state index in [1.807, 2.05) is 6.07 Å². The number of rotatable bonds is 3. The van der Waals surface area contributed by atoms with Crippen LogP contribution in [0.15, 0.2) is 47.5 Å². The highest BCUT2D eigenvalue weighted by Crippen LogP contribution is 2.29. The smallest absolute Gasteiger partial charge is 0.255 e. The van der Waals surface area contributed by atoms with Crippen molar-refractivity contribution in [1.82, 2.24) is 19.7 Å². The Kier molecular flexibility index (Phi) is 4.55. The molecular weight excluding hydrogens is 399 g/mol. The number of aromatic nitrogens is 4. The fourth-order valence-electron chi connectivity index (χ4n) is 2.27. The third kappa shape index (κ3) is 3.85. The summed E-state index contributed by atoms with van der Waals surface area (Å²) in [6.45, 7) is 0. The summed E-state index contributed by atoms with van der Waals surface area (Å²) in [6, 6.07) is 7.22. The zero-order valence-corrected chi connectivity index (χ0v) is 14.1. The Morgan fingerprint density at radius 3 is 2.60 bits per heavy atom. The van der Waals surface area contributed by atoms with E-state index in [1.165, 1.54) is 12.4 Å². The molecular formula is C16H9BrF3N5. The number of benzene rings is 1. The van der Waals surface area contributed by atoms with Gasteiger partial charge in [0.2, 0.25) is 0 Å². The Morgan fingerprint density at radius 2 is 1.92 bits per heavy atom. The Balaban J connectivity index is 1.98. The molecule has 0 aliphatic rings. The van der Waals surface area contributed by atoms with Crippen LogP contribution in [0.3, 0.4) is 0 Å². The molecule has 2 aromatic heterocycles. The normalized spacial score (nSPS) is 11.3. The fourth-order valence-corrected chi connectivity index (χ4v) is 2.81. The maximum Gasteiger partial charge on any atom is 0.419 e. The Bertz CT molecular complexity index is 959. The summed E-state index contributed by atoms with van der Waals surface area (Å²) in [6.07, 6.45) is 0.261. The van der Waals surface area contributed by atoms with Gasteiger partial charge in [-0.3, -0.25) is 4.98 Å². The van der Waals surface area contributed by atoms with Crippen LogP contribution in [0.4, 0.5) is 13.2 Å². The predicted octanol–water partition coefficient (Wildman–Crippen LogP) is 3.91. The largest absolute Gasteiger partial charge is 0.419 e. The molecule has 0 saturated heterocycles. The van der Waals surface area contributed by atoms with E-state index in [4.69, 9.17) is 5.26 Å². The molecule has 3 rings (SSSR count). The first-order valence-corrected chi connectivity index (χ1v) is 7.78. The maximum absolute atomic E-state index is 12.8. The molecule has 0 saturated carbocycles. The Hall–Kier alpha value is -2.73. The lowest BCUT2D eigenvalue weighted by Gasteiger charge is -2.08. The van der Waals surface area contributed by atoms with Crippen molar-refractivity contribution in [3.63, 3.8) is 0 Å². The van der Waals surface area contributed by atoms with Crippen LogP contribution in [-0.2, 0) is 12.6 Å². The monoisotopic (exact) mass is 407 g/mol. The molecule has 0 aliphatic heterocycles. The van der Waals surface area contributed by atoms with Crippen molar-refractivity contribution in [2.24, 2.45) is 0 Å². The summed E-state index contributed by atoms with van der Waals surface area (Å²) in [7, 11) is 0. The first-order valence-electron chi connectivity index (χ1n) is 6.98. The van der Waals surface area contributed by atoms with Crippen LogP contribution < -0.4 is 0 Å². The van der Waals surface area contributed by atoms with Gasteiger partial charge in [-0.05, 0) is 23.8 Å². The van der Waals surface area contributed by atoms with E-state index in [2.05, 4.69) is 37.1 Å². The Labute approximate surface area is 148 Å². The number of hydrogen-bond donors (Lipinski definition) is 0. The number of nitriles is 1. The van der Waals surface area contributed by atoms with Gasteiger partial charge >= 0.3 is 6.18 Å². The summed E-state index contributed by atoms with van der Waals surface area (Å²) in [5.74, 6) is 0.205. The van der Waals surface area contributed by atoms with Gasteiger partial charge in [-0.15, -0.1) is 0 Å². The molecule has 9 heteroatoms. The van der Waals surface area contributed by atoms with Crippen LogP contribution in [-0.4, -0.2) is 19.7 Å². The van der Waals surface area contributed by atoms with Crippen molar-refractivity contribution in [2.45, 2.75) is 12.6 Å². The van der Waals surface area contributed by atoms with Gasteiger partial charge in [-0.25, -0.2) is 9.67 Å². The quantitative estimate of drug-likeness (QED) is 0.659. The molecule has 5 nitrogen and oxygen atoms in total. The molecule has 0 fully saturated rings. The second-order valence-corrected chi connectivity index (χ2v) is 6.05. The minimum Gasteiger partial charge on any atom is -0.255 e. The summed E-state index contributed by atoms with van der Waals surface area (Å²) in [5, 5.41) is 12.8. The standard InChI is InChI=1S/C16H9BrF3N5/c17-13-4-10(3-11(5-13)7-21)6-14-15(23-2-1-22-14)25-9-12(8-24-25)16(18,19)20/h1-5,8-9H,6H2. The van der Waals surface area contributed by atoms with E-state index < -0.39 is 11.7 Å².